The number of imidazole rings is 1. The Balaban J connectivity index is 1.46. The third kappa shape index (κ3) is 3.82. The molecule has 0 radical (unpaired) electrons. The van der Waals surface area contributed by atoms with E-state index in [0.717, 1.165) is 11.1 Å². The fourth-order valence-corrected chi connectivity index (χ4v) is 4.52. The molecule has 1 aliphatic heterocycles. The molecule has 0 saturated carbocycles. The summed E-state index contributed by atoms with van der Waals surface area (Å²) in [7, 11) is 0. The summed E-state index contributed by atoms with van der Waals surface area (Å²) in [5.74, 6) is 0.550. The molecule has 9 heteroatoms. The first kappa shape index (κ1) is 22.4. The predicted octanol–water partition coefficient (Wildman–Crippen LogP) is 1.86. The van der Waals surface area contributed by atoms with Crippen molar-refractivity contribution in [3.8, 4) is 0 Å². The van der Waals surface area contributed by atoms with E-state index in [2.05, 4.69) is 51.5 Å². The Kier molecular flexibility index (Phi) is 6.01. The third-order valence-corrected chi connectivity index (χ3v) is 6.58. The van der Waals surface area contributed by atoms with Gasteiger partial charge in [-0.2, -0.15) is 0 Å². The van der Waals surface area contributed by atoms with E-state index >= 15 is 0 Å². The molecule has 9 nitrogen and oxygen atoms in total. The van der Waals surface area contributed by atoms with Gasteiger partial charge in [-0.3, -0.25) is 4.57 Å². The summed E-state index contributed by atoms with van der Waals surface area (Å²) >= 11 is 0. The Labute approximate surface area is 196 Å². The van der Waals surface area contributed by atoms with Gasteiger partial charge in [0.1, 0.15) is 24.6 Å². The summed E-state index contributed by atoms with van der Waals surface area (Å²) in [6.07, 6.45) is -1.30. The van der Waals surface area contributed by atoms with Gasteiger partial charge in [0.25, 0.3) is 0 Å². The highest BCUT2D eigenvalue weighted by atomic mass is 16.6. The second kappa shape index (κ2) is 9.11. The van der Waals surface area contributed by atoms with Crippen LogP contribution in [0.5, 0.6) is 0 Å². The van der Waals surface area contributed by atoms with Gasteiger partial charge in [0.15, 0.2) is 23.2 Å². The number of anilines is 1. The van der Waals surface area contributed by atoms with Crippen molar-refractivity contribution in [3.05, 3.63) is 84.4 Å². The molecular weight excluding hydrogens is 434 g/mol. The number of hydrogen-bond acceptors (Lipinski definition) is 8. The molecule has 5 rings (SSSR count). The summed E-state index contributed by atoms with van der Waals surface area (Å²) < 4.78 is 7.20. The number of benzene rings is 2. The van der Waals surface area contributed by atoms with Crippen LogP contribution in [0.4, 0.5) is 5.82 Å². The minimum Gasteiger partial charge on any atom is -0.394 e. The number of hydrogen-bond donors (Lipinski definition) is 4. The summed E-state index contributed by atoms with van der Waals surface area (Å²) in [6.45, 7) is 2.33. The zero-order valence-corrected chi connectivity index (χ0v) is 18.7. The van der Waals surface area contributed by atoms with E-state index in [0.29, 0.717) is 23.5 Å². The Hall–Kier alpha value is -3.37. The second-order valence-electron chi connectivity index (χ2n) is 8.69. The largest absolute Gasteiger partial charge is 0.394 e. The van der Waals surface area contributed by atoms with Gasteiger partial charge in [-0.25, -0.2) is 15.0 Å². The van der Waals surface area contributed by atoms with Crippen LogP contribution in [0.15, 0.2) is 73.3 Å². The first-order valence-corrected chi connectivity index (χ1v) is 11.2. The van der Waals surface area contributed by atoms with Crippen molar-refractivity contribution >= 4 is 17.0 Å². The molecule has 0 aliphatic carbocycles. The van der Waals surface area contributed by atoms with Crippen molar-refractivity contribution in [3.63, 3.8) is 0 Å². The molecule has 0 spiro atoms. The lowest BCUT2D eigenvalue weighted by Crippen LogP contribution is -2.33. The van der Waals surface area contributed by atoms with Gasteiger partial charge >= 0.3 is 0 Å². The van der Waals surface area contributed by atoms with Crippen molar-refractivity contribution in [2.45, 2.75) is 36.9 Å². The molecule has 1 aliphatic rings. The number of ether oxygens (including phenoxy) is 1. The highest BCUT2D eigenvalue weighted by Gasteiger charge is 2.44. The Morgan fingerprint density at radius 2 is 1.59 bits per heavy atom. The first-order chi connectivity index (χ1) is 16.5. The van der Waals surface area contributed by atoms with Crippen LogP contribution in [-0.4, -0.2) is 66.3 Å². The fraction of sp³-hybridized carbons (Fsp3) is 0.320. The number of fused-ring (bicyclic) bond motifs is 1. The third-order valence-electron chi connectivity index (χ3n) is 6.58. The summed E-state index contributed by atoms with van der Waals surface area (Å²) in [6, 6.07) is 20.6. The highest BCUT2D eigenvalue weighted by Crippen LogP contribution is 2.34. The van der Waals surface area contributed by atoms with Gasteiger partial charge in [-0.05, 0) is 18.1 Å². The monoisotopic (exact) mass is 461 g/mol. The Morgan fingerprint density at radius 3 is 2.18 bits per heavy atom. The lowest BCUT2D eigenvalue weighted by atomic mass is 9.76. The van der Waals surface area contributed by atoms with E-state index < -0.39 is 31.1 Å². The highest BCUT2D eigenvalue weighted by molar-refractivity contribution is 5.82. The van der Waals surface area contributed by atoms with Gasteiger partial charge in [0.2, 0.25) is 0 Å². The molecular formula is C25H27N5O4. The van der Waals surface area contributed by atoms with E-state index in [1.165, 1.54) is 12.7 Å². The minimum atomic E-state index is -1.22. The average Bonchev–Trinajstić information content (AvgIpc) is 3.44. The molecule has 4 atom stereocenters. The van der Waals surface area contributed by atoms with E-state index in [9.17, 15) is 15.3 Å². The Morgan fingerprint density at radius 1 is 0.941 bits per heavy atom. The zero-order chi connectivity index (χ0) is 23.7. The maximum atomic E-state index is 10.4. The van der Waals surface area contributed by atoms with E-state index in [4.69, 9.17) is 4.74 Å². The molecule has 34 heavy (non-hydrogen) atoms. The minimum absolute atomic E-state index is 0.342. The molecule has 3 heterocycles. The van der Waals surface area contributed by atoms with Crippen LogP contribution in [0.3, 0.4) is 0 Å². The van der Waals surface area contributed by atoms with Crippen molar-refractivity contribution in [2.24, 2.45) is 0 Å². The van der Waals surface area contributed by atoms with Gasteiger partial charge in [-0.1, -0.05) is 60.7 Å². The quantitative estimate of drug-likeness (QED) is 0.329. The summed E-state index contributed by atoms with van der Waals surface area (Å²) in [4.78, 5) is 13.2. The number of rotatable bonds is 7. The number of nitrogens with one attached hydrogen (secondary N) is 1. The van der Waals surface area contributed by atoms with E-state index in [-0.39, 0.29) is 5.41 Å². The SMILES string of the molecule is CC(CNc1ncnc2c1ncn2[C@@H]1O[C@H](CO)C(O)C1O)(c1ccccc1)c1ccccc1. The smallest absolute Gasteiger partial charge is 0.167 e. The zero-order valence-electron chi connectivity index (χ0n) is 18.7. The van der Waals surface area contributed by atoms with Crippen LogP contribution in [0.2, 0.25) is 0 Å². The maximum Gasteiger partial charge on any atom is 0.167 e. The number of aromatic nitrogens is 4. The standard InChI is InChI=1S/C25H27N5O4/c1-25(16-8-4-2-5-9-16,17-10-6-3-7-11-17)13-26-22-19-23(28-14-27-22)30(15-29-19)24-21(33)20(32)18(12-31)34-24/h2-11,14-15,18,20-21,24,31-33H,12-13H2,1H3,(H,26,27,28)/t18-,20?,21?,24-/m1/s1. The van der Waals surface area contributed by atoms with Gasteiger partial charge in [-0.15, -0.1) is 0 Å². The topological polar surface area (TPSA) is 126 Å². The molecule has 176 valence electrons. The lowest BCUT2D eigenvalue weighted by molar-refractivity contribution is -0.0511. The van der Waals surface area contributed by atoms with Crippen LogP contribution < -0.4 is 5.32 Å². The van der Waals surface area contributed by atoms with Crippen LogP contribution in [0.1, 0.15) is 24.3 Å². The van der Waals surface area contributed by atoms with Gasteiger partial charge < -0.3 is 25.4 Å². The van der Waals surface area contributed by atoms with Crippen LogP contribution in [0.25, 0.3) is 11.2 Å². The van der Waals surface area contributed by atoms with E-state index in [1.807, 2.05) is 36.4 Å². The molecule has 4 aromatic rings. The predicted molar refractivity (Wildman–Crippen MR) is 126 cm³/mol. The van der Waals surface area contributed by atoms with Crippen LogP contribution in [-0.2, 0) is 10.2 Å². The first-order valence-electron chi connectivity index (χ1n) is 11.2. The van der Waals surface area contributed by atoms with Crippen molar-refractivity contribution in [2.75, 3.05) is 18.5 Å². The molecule has 0 bridgehead atoms. The molecule has 2 aromatic heterocycles. The van der Waals surface area contributed by atoms with Gasteiger partial charge in [0.05, 0.1) is 12.9 Å². The molecule has 4 N–H and O–H groups in total. The molecule has 0 amide bonds. The normalized spacial score (nSPS) is 22.8. The molecule has 1 saturated heterocycles. The molecule has 1 fully saturated rings. The molecule has 2 unspecified atom stereocenters. The van der Waals surface area contributed by atoms with E-state index in [1.54, 1.807) is 4.57 Å². The second-order valence-corrected chi connectivity index (χ2v) is 8.69. The number of nitrogens with zero attached hydrogens (tertiary/aromatic N) is 4. The van der Waals surface area contributed by atoms with Gasteiger partial charge in [0, 0.05) is 12.0 Å². The molecule has 2 aromatic carbocycles. The average molecular weight is 462 g/mol. The number of aliphatic hydroxyl groups excluding tert-OH is 3. The van der Waals surface area contributed by atoms with Crippen molar-refractivity contribution in [1.29, 1.82) is 0 Å². The summed E-state index contributed by atoms with van der Waals surface area (Å²) in [5.41, 5.74) is 2.95. The van der Waals surface area contributed by atoms with Crippen molar-refractivity contribution < 1.29 is 20.1 Å². The number of aliphatic hydroxyl groups is 3. The van der Waals surface area contributed by atoms with Crippen LogP contribution in [0, 0.1) is 0 Å². The lowest BCUT2D eigenvalue weighted by Gasteiger charge is -2.31. The van der Waals surface area contributed by atoms with Crippen LogP contribution >= 0.6 is 0 Å². The summed E-state index contributed by atoms with van der Waals surface area (Å²) in [5, 5.41) is 33.4. The Bertz CT molecular complexity index is 1210. The van der Waals surface area contributed by atoms with Crippen molar-refractivity contribution in [1.82, 2.24) is 19.5 Å². The maximum absolute atomic E-state index is 10.4. The fourth-order valence-electron chi connectivity index (χ4n) is 4.52.